The van der Waals surface area contributed by atoms with Crippen LogP contribution in [-0.2, 0) is 26.2 Å². The van der Waals surface area contributed by atoms with Crippen molar-refractivity contribution < 1.29 is 17.9 Å². The summed E-state index contributed by atoms with van der Waals surface area (Å²) in [5.41, 5.74) is 6.80. The number of rotatable bonds is 8. The molecule has 8 heteroatoms. The highest BCUT2D eigenvalue weighted by atomic mass is 15.5. The van der Waals surface area contributed by atoms with Gasteiger partial charge in [0.15, 0.2) is 0 Å². The van der Waals surface area contributed by atoms with E-state index in [2.05, 4.69) is 43.9 Å². The predicted octanol–water partition coefficient (Wildman–Crippen LogP) is 1.42. The number of fused-ring (bicyclic) bond motifs is 13. The number of quaternary nitrogens is 4. The highest BCUT2D eigenvalue weighted by Crippen LogP contribution is 2.39. The summed E-state index contributed by atoms with van der Waals surface area (Å²) in [6.45, 7) is 36.8. The molecule has 8 nitrogen and oxygen atoms in total. The first-order valence-corrected chi connectivity index (χ1v) is 19.3. The van der Waals surface area contributed by atoms with E-state index in [9.17, 15) is 0 Å². The molecule has 0 saturated carbocycles. The maximum atomic E-state index is 2.72. The topological polar surface area (TPSA) is 13.0 Å². The number of piperazine rings is 12. The molecular weight excluding hydrogens is 568 g/mol. The molecule has 12 fully saturated rings. The van der Waals surface area contributed by atoms with Crippen molar-refractivity contribution in [3.05, 3.63) is 46.5 Å². The largest absolute Gasteiger partial charge is 0.317 e. The van der Waals surface area contributed by atoms with E-state index in [4.69, 9.17) is 0 Å². The Morgan fingerprint density at radius 2 is 0.478 bits per heavy atom. The standard InChI is InChI=1S/C38H60N8/c1-2-34(30-44-20-8-40(9-21-44)10-22-44)38-36(32-46-26-14-42(15-27-46)16-28-46)4-3-35(31-45-23-11-41(12-24-45)13-25-45)37(38)33(1)29-43-17-5-39(6-18-43)7-19-43/h1-4H,5-32H2/q+4. The van der Waals surface area contributed by atoms with Gasteiger partial charge in [0, 0.05) is 112 Å². The van der Waals surface area contributed by atoms with Crippen molar-refractivity contribution in [1.29, 1.82) is 0 Å². The van der Waals surface area contributed by atoms with Crippen LogP contribution in [-0.4, -0.2) is 195 Å². The van der Waals surface area contributed by atoms with Gasteiger partial charge in [-0.05, 0) is 0 Å². The van der Waals surface area contributed by atoms with Crippen molar-refractivity contribution in [3.8, 4) is 0 Å². The zero-order chi connectivity index (χ0) is 30.4. The predicted molar refractivity (Wildman–Crippen MR) is 184 cm³/mol. The first-order chi connectivity index (χ1) is 22.5. The second kappa shape index (κ2) is 10.9. The second-order valence-electron chi connectivity index (χ2n) is 17.6. The maximum Gasteiger partial charge on any atom is 0.105 e. The van der Waals surface area contributed by atoms with Crippen molar-refractivity contribution in [2.75, 3.05) is 157 Å². The second-order valence-corrected chi connectivity index (χ2v) is 17.6. The van der Waals surface area contributed by atoms with E-state index in [1.54, 1.807) is 33.0 Å². The van der Waals surface area contributed by atoms with Crippen molar-refractivity contribution in [2.45, 2.75) is 26.2 Å². The number of nitrogens with zero attached hydrogens (tertiary/aromatic N) is 8. The summed E-state index contributed by atoms with van der Waals surface area (Å²) >= 11 is 0. The minimum absolute atomic E-state index is 1.25. The lowest BCUT2D eigenvalue weighted by molar-refractivity contribution is -0.954. The minimum atomic E-state index is 1.25. The molecule has 12 aliphatic rings. The Hall–Kier alpha value is -1.62. The molecule has 248 valence electrons. The number of hydrogen-bond donors (Lipinski definition) is 0. The van der Waals surface area contributed by atoms with E-state index in [1.165, 1.54) is 201 Å². The van der Waals surface area contributed by atoms with Gasteiger partial charge >= 0.3 is 0 Å². The third kappa shape index (κ3) is 5.01. The molecule has 12 aliphatic heterocycles. The van der Waals surface area contributed by atoms with E-state index in [-0.39, 0.29) is 0 Å². The molecule has 0 N–H and O–H groups in total. The van der Waals surface area contributed by atoms with E-state index in [0.717, 1.165) is 0 Å². The summed E-state index contributed by atoms with van der Waals surface area (Å²) in [5, 5.41) is 3.47. The summed E-state index contributed by atoms with van der Waals surface area (Å²) in [6.07, 6.45) is 0. The molecule has 0 unspecified atom stereocenters. The summed E-state index contributed by atoms with van der Waals surface area (Å²) < 4.78 is 5.31. The lowest BCUT2D eigenvalue weighted by atomic mass is 9.88. The van der Waals surface area contributed by atoms with Gasteiger partial charge in [0.05, 0.1) is 78.5 Å². The van der Waals surface area contributed by atoms with Gasteiger partial charge in [-0.1, -0.05) is 24.3 Å². The van der Waals surface area contributed by atoms with Crippen LogP contribution in [0.2, 0.25) is 0 Å². The molecule has 0 radical (unpaired) electrons. The fourth-order valence-corrected chi connectivity index (χ4v) is 11.6. The fourth-order valence-electron chi connectivity index (χ4n) is 11.6. The Morgan fingerprint density at radius 1 is 0.304 bits per heavy atom. The quantitative estimate of drug-likeness (QED) is 0.411. The molecule has 0 aromatic heterocycles. The first kappa shape index (κ1) is 29.3. The van der Waals surface area contributed by atoms with Crippen molar-refractivity contribution in [1.82, 2.24) is 19.6 Å². The van der Waals surface area contributed by atoms with Gasteiger partial charge in [-0.2, -0.15) is 0 Å². The highest BCUT2D eigenvalue weighted by molar-refractivity contribution is 5.94. The summed E-state index contributed by atoms with van der Waals surface area (Å²) in [7, 11) is 0. The van der Waals surface area contributed by atoms with E-state index >= 15 is 0 Å². The van der Waals surface area contributed by atoms with Crippen LogP contribution in [0, 0.1) is 0 Å². The van der Waals surface area contributed by atoms with E-state index in [1.807, 2.05) is 0 Å². The molecule has 12 heterocycles. The fraction of sp³-hybridized carbons (Fsp3) is 0.737. The Labute approximate surface area is 277 Å². The molecule has 2 aromatic rings. The van der Waals surface area contributed by atoms with Gasteiger partial charge in [0.1, 0.15) is 26.2 Å². The van der Waals surface area contributed by atoms with Gasteiger partial charge in [-0.3, -0.25) is 19.6 Å². The van der Waals surface area contributed by atoms with Crippen LogP contribution in [0.5, 0.6) is 0 Å². The lowest BCUT2D eigenvalue weighted by Gasteiger charge is -2.52. The van der Waals surface area contributed by atoms with Crippen molar-refractivity contribution in [3.63, 3.8) is 0 Å². The molecule has 46 heavy (non-hydrogen) atoms. The Kier molecular flexibility index (Phi) is 6.97. The molecular formula is C38H60N8+4. The van der Waals surface area contributed by atoms with Gasteiger partial charge in [0.2, 0.25) is 0 Å². The van der Waals surface area contributed by atoms with E-state index < -0.39 is 0 Å². The molecule has 0 spiro atoms. The maximum absolute atomic E-state index is 2.72. The van der Waals surface area contributed by atoms with Gasteiger partial charge in [-0.15, -0.1) is 0 Å². The average Bonchev–Trinajstić information content (AvgIpc) is 3.13. The van der Waals surface area contributed by atoms with Crippen LogP contribution in [0.3, 0.4) is 0 Å². The van der Waals surface area contributed by atoms with Gasteiger partial charge in [-0.25, -0.2) is 0 Å². The lowest BCUT2D eigenvalue weighted by Crippen LogP contribution is -2.67. The molecule has 2 aromatic carbocycles. The number of benzene rings is 2. The number of hydrogen-bond acceptors (Lipinski definition) is 4. The van der Waals surface area contributed by atoms with Crippen LogP contribution < -0.4 is 0 Å². The van der Waals surface area contributed by atoms with Gasteiger partial charge in [0.25, 0.3) is 0 Å². The van der Waals surface area contributed by atoms with Crippen molar-refractivity contribution >= 4 is 10.8 Å². The summed E-state index contributed by atoms with van der Waals surface area (Å²) in [5.74, 6) is 0. The third-order valence-electron chi connectivity index (χ3n) is 15.2. The third-order valence-corrected chi connectivity index (χ3v) is 15.2. The van der Waals surface area contributed by atoms with Crippen LogP contribution in [0.4, 0.5) is 0 Å². The zero-order valence-electron chi connectivity index (χ0n) is 28.7. The summed E-state index contributed by atoms with van der Waals surface area (Å²) in [4.78, 5) is 10.9. The van der Waals surface area contributed by atoms with Gasteiger partial charge < -0.3 is 17.9 Å². The Morgan fingerprint density at radius 3 is 0.652 bits per heavy atom. The monoisotopic (exact) mass is 628 g/mol. The van der Waals surface area contributed by atoms with Crippen LogP contribution in [0.1, 0.15) is 22.3 Å². The highest BCUT2D eigenvalue weighted by Gasteiger charge is 2.44. The minimum Gasteiger partial charge on any atom is -0.317 e. The summed E-state index contributed by atoms with van der Waals surface area (Å²) in [6, 6.07) is 10.7. The van der Waals surface area contributed by atoms with Crippen LogP contribution in [0.25, 0.3) is 10.8 Å². The van der Waals surface area contributed by atoms with Crippen molar-refractivity contribution in [2.24, 2.45) is 0 Å². The molecule has 8 bridgehead atoms. The normalized spacial score (nSPS) is 42.7. The molecule has 0 atom stereocenters. The van der Waals surface area contributed by atoms with Crippen LogP contribution >= 0.6 is 0 Å². The average molecular weight is 629 g/mol. The molecule has 0 aliphatic carbocycles. The first-order valence-electron chi connectivity index (χ1n) is 19.3. The Balaban J connectivity index is 1.12. The zero-order valence-corrected chi connectivity index (χ0v) is 28.7. The molecule has 12 saturated heterocycles. The smallest absolute Gasteiger partial charge is 0.105 e. The van der Waals surface area contributed by atoms with Crippen LogP contribution in [0.15, 0.2) is 24.3 Å². The SMILES string of the molecule is c1cc(C[N+]23CCN(CC2)CC3)c2c(C[N+]34CCN(CC3)CC4)ccc(C[N+]34CCN(CC3)CC4)c2c1C[N+]12CCN(CC1)CC2. The van der Waals surface area contributed by atoms with E-state index in [0.29, 0.717) is 0 Å². The Bertz CT molecular complexity index is 1200. The molecule has 0 amide bonds. The molecule has 14 rings (SSSR count).